The summed E-state index contributed by atoms with van der Waals surface area (Å²) < 4.78 is 26.9. The van der Waals surface area contributed by atoms with E-state index in [1.165, 1.54) is 37.8 Å². The van der Waals surface area contributed by atoms with Gasteiger partial charge >= 0.3 is 0 Å². The minimum Gasteiger partial charge on any atom is -0.398 e. The lowest BCUT2D eigenvalue weighted by Crippen LogP contribution is -2.26. The van der Waals surface area contributed by atoms with Crippen LogP contribution < -0.4 is 10.5 Å². The van der Waals surface area contributed by atoms with Crippen LogP contribution in [0, 0.1) is 5.92 Å². The van der Waals surface area contributed by atoms with E-state index >= 15 is 0 Å². The first-order valence-electron chi connectivity index (χ1n) is 6.54. The van der Waals surface area contributed by atoms with E-state index in [1.54, 1.807) is 6.07 Å². The maximum Gasteiger partial charge on any atom is 0.242 e. The van der Waals surface area contributed by atoms with Crippen molar-refractivity contribution >= 4 is 27.3 Å². The number of rotatable bonds is 5. The van der Waals surface area contributed by atoms with Gasteiger partial charge in [-0.1, -0.05) is 37.3 Å². The van der Waals surface area contributed by atoms with E-state index in [4.69, 9.17) is 17.3 Å². The van der Waals surface area contributed by atoms with Crippen LogP contribution in [-0.4, -0.2) is 15.0 Å². The average molecular weight is 303 g/mol. The second-order valence-electron chi connectivity index (χ2n) is 5.02. The number of halogens is 1. The van der Waals surface area contributed by atoms with Crippen molar-refractivity contribution in [3.05, 3.63) is 23.2 Å². The minimum absolute atomic E-state index is 0.0615. The lowest BCUT2D eigenvalue weighted by atomic mass is 10.1. The smallest absolute Gasteiger partial charge is 0.242 e. The highest BCUT2D eigenvalue weighted by molar-refractivity contribution is 7.89. The van der Waals surface area contributed by atoms with Gasteiger partial charge < -0.3 is 5.73 Å². The fourth-order valence-corrected chi connectivity index (χ4v) is 3.95. The molecule has 1 aromatic rings. The lowest BCUT2D eigenvalue weighted by molar-refractivity contribution is 0.496. The van der Waals surface area contributed by atoms with Crippen LogP contribution in [0.3, 0.4) is 0 Å². The van der Waals surface area contributed by atoms with Crippen molar-refractivity contribution in [2.24, 2.45) is 5.92 Å². The van der Waals surface area contributed by atoms with E-state index in [1.807, 2.05) is 0 Å². The summed E-state index contributed by atoms with van der Waals surface area (Å²) in [7, 11) is -3.56. The van der Waals surface area contributed by atoms with Gasteiger partial charge in [-0.15, -0.1) is 0 Å². The lowest BCUT2D eigenvalue weighted by Gasteiger charge is -2.12. The van der Waals surface area contributed by atoms with Crippen molar-refractivity contribution in [1.29, 1.82) is 0 Å². The molecular formula is C13H19ClN2O2S. The van der Waals surface area contributed by atoms with E-state index < -0.39 is 10.0 Å². The molecule has 19 heavy (non-hydrogen) atoms. The van der Waals surface area contributed by atoms with Crippen molar-refractivity contribution in [2.75, 3.05) is 12.3 Å². The third-order valence-electron chi connectivity index (χ3n) is 3.58. The van der Waals surface area contributed by atoms with Gasteiger partial charge in [-0.25, -0.2) is 13.1 Å². The number of hydrogen-bond acceptors (Lipinski definition) is 3. The molecule has 3 N–H and O–H groups in total. The number of nitrogens with one attached hydrogen (secondary N) is 1. The van der Waals surface area contributed by atoms with E-state index in [-0.39, 0.29) is 10.6 Å². The van der Waals surface area contributed by atoms with Crippen molar-refractivity contribution in [3.8, 4) is 0 Å². The Hall–Kier alpha value is -0.780. The van der Waals surface area contributed by atoms with Crippen molar-refractivity contribution in [1.82, 2.24) is 4.72 Å². The van der Waals surface area contributed by atoms with Gasteiger partial charge in [0, 0.05) is 11.6 Å². The number of nitrogen functional groups attached to an aromatic ring is 1. The van der Waals surface area contributed by atoms with Crippen LogP contribution >= 0.6 is 11.6 Å². The molecule has 1 saturated carbocycles. The van der Waals surface area contributed by atoms with Crippen molar-refractivity contribution in [3.63, 3.8) is 0 Å². The Morgan fingerprint density at radius 2 is 2.00 bits per heavy atom. The van der Waals surface area contributed by atoms with Crippen LogP contribution in [0.2, 0.25) is 5.02 Å². The largest absolute Gasteiger partial charge is 0.398 e. The van der Waals surface area contributed by atoms with Crippen LogP contribution in [0.15, 0.2) is 23.1 Å². The van der Waals surface area contributed by atoms with Gasteiger partial charge in [0.15, 0.2) is 0 Å². The molecule has 1 aliphatic carbocycles. The molecule has 0 aliphatic heterocycles. The summed E-state index contributed by atoms with van der Waals surface area (Å²) in [5.74, 6) is 0.652. The molecule has 1 aliphatic rings. The molecule has 1 fully saturated rings. The van der Waals surface area contributed by atoms with E-state index in [9.17, 15) is 8.42 Å². The Bertz CT molecular complexity index is 540. The second-order valence-corrected chi connectivity index (χ2v) is 7.19. The Morgan fingerprint density at radius 1 is 1.32 bits per heavy atom. The van der Waals surface area contributed by atoms with Crippen LogP contribution in [0.5, 0.6) is 0 Å². The molecule has 0 heterocycles. The first-order chi connectivity index (χ1) is 8.99. The highest BCUT2D eigenvalue weighted by Gasteiger charge is 2.19. The number of hydrogen-bond donors (Lipinski definition) is 2. The summed E-state index contributed by atoms with van der Waals surface area (Å²) in [6.45, 7) is 0.457. The minimum atomic E-state index is -3.56. The van der Waals surface area contributed by atoms with Gasteiger partial charge in [-0.3, -0.25) is 0 Å². The average Bonchev–Trinajstić information content (AvgIpc) is 2.85. The van der Waals surface area contributed by atoms with Gasteiger partial charge in [0.2, 0.25) is 10.0 Å². The standard InChI is InChI=1S/C13H19ClN2O2S/c14-11-5-6-12(15)13(9-11)19(17,18)16-8-7-10-3-1-2-4-10/h5-6,9-10,16H,1-4,7-8,15H2. The first kappa shape index (κ1) is 14.6. The molecule has 0 bridgehead atoms. The number of nitrogens with two attached hydrogens (primary N) is 1. The van der Waals surface area contributed by atoms with E-state index in [0.717, 1.165) is 6.42 Å². The molecule has 106 valence electrons. The van der Waals surface area contributed by atoms with E-state index in [0.29, 0.717) is 17.5 Å². The molecule has 0 atom stereocenters. The zero-order valence-corrected chi connectivity index (χ0v) is 12.3. The molecule has 2 rings (SSSR count). The van der Waals surface area contributed by atoms with Gasteiger partial charge in [0.1, 0.15) is 4.90 Å². The fraction of sp³-hybridized carbons (Fsp3) is 0.538. The Labute approximate surface area is 119 Å². The highest BCUT2D eigenvalue weighted by atomic mass is 35.5. The Balaban J connectivity index is 1.99. The predicted octanol–water partition coefficient (Wildman–Crippen LogP) is 2.78. The summed E-state index contributed by atoms with van der Waals surface area (Å²) in [4.78, 5) is 0.0615. The predicted molar refractivity (Wildman–Crippen MR) is 77.6 cm³/mol. The number of sulfonamides is 1. The van der Waals surface area contributed by atoms with E-state index in [2.05, 4.69) is 4.72 Å². The van der Waals surface area contributed by atoms with Gasteiger partial charge in [0.25, 0.3) is 0 Å². The quantitative estimate of drug-likeness (QED) is 0.822. The number of anilines is 1. The molecule has 0 amide bonds. The van der Waals surface area contributed by atoms with Gasteiger partial charge in [-0.05, 0) is 30.5 Å². The summed E-state index contributed by atoms with van der Waals surface area (Å²) in [6.07, 6.45) is 5.83. The van der Waals surface area contributed by atoms with Crippen LogP contribution in [0.4, 0.5) is 5.69 Å². The maximum absolute atomic E-state index is 12.1. The molecule has 0 aromatic heterocycles. The zero-order valence-electron chi connectivity index (χ0n) is 10.7. The third-order valence-corrected chi connectivity index (χ3v) is 5.34. The normalized spacial score (nSPS) is 16.9. The van der Waals surface area contributed by atoms with Gasteiger partial charge in [-0.2, -0.15) is 0 Å². The Morgan fingerprint density at radius 3 is 2.68 bits per heavy atom. The van der Waals surface area contributed by atoms with Crippen molar-refractivity contribution < 1.29 is 8.42 Å². The summed E-state index contributed by atoms with van der Waals surface area (Å²) in [5, 5.41) is 0.366. The highest BCUT2D eigenvalue weighted by Crippen LogP contribution is 2.27. The summed E-state index contributed by atoms with van der Waals surface area (Å²) in [5.41, 5.74) is 5.91. The molecule has 0 saturated heterocycles. The third kappa shape index (κ3) is 3.84. The van der Waals surface area contributed by atoms with Crippen molar-refractivity contribution in [2.45, 2.75) is 37.0 Å². The molecule has 0 radical (unpaired) electrons. The Kier molecular flexibility index (Phi) is 4.71. The van der Waals surface area contributed by atoms with Gasteiger partial charge in [0.05, 0.1) is 5.69 Å². The second kappa shape index (κ2) is 6.11. The first-order valence-corrected chi connectivity index (χ1v) is 8.40. The molecule has 1 aromatic carbocycles. The molecule has 6 heteroatoms. The summed E-state index contributed by atoms with van der Waals surface area (Å²) in [6, 6.07) is 4.47. The summed E-state index contributed by atoms with van der Waals surface area (Å²) >= 11 is 5.81. The molecule has 0 spiro atoms. The SMILES string of the molecule is Nc1ccc(Cl)cc1S(=O)(=O)NCCC1CCCC1. The zero-order chi connectivity index (χ0) is 13.9. The fourth-order valence-electron chi connectivity index (χ4n) is 2.52. The van der Waals surface area contributed by atoms with Crippen LogP contribution in [0.25, 0.3) is 0 Å². The molecule has 4 nitrogen and oxygen atoms in total. The van der Waals surface area contributed by atoms with Crippen LogP contribution in [0.1, 0.15) is 32.1 Å². The molecule has 0 unspecified atom stereocenters. The number of benzene rings is 1. The molecular weight excluding hydrogens is 284 g/mol. The monoisotopic (exact) mass is 302 g/mol. The topological polar surface area (TPSA) is 72.2 Å². The maximum atomic E-state index is 12.1. The van der Waals surface area contributed by atoms with Crippen LogP contribution in [-0.2, 0) is 10.0 Å².